The van der Waals surface area contributed by atoms with Crippen molar-refractivity contribution in [2.75, 3.05) is 26.7 Å². The van der Waals surface area contributed by atoms with Gasteiger partial charge in [-0.25, -0.2) is 0 Å². The number of carbonyl (C=O) groups excluding carboxylic acids is 1. The number of carbonyl (C=O) groups is 1. The van der Waals surface area contributed by atoms with Crippen LogP contribution in [-0.2, 0) is 0 Å². The number of methoxy groups -OCH3 is 1. The molecule has 1 aliphatic heterocycles. The predicted molar refractivity (Wildman–Crippen MR) is 116 cm³/mol. The Morgan fingerprint density at radius 3 is 2.57 bits per heavy atom. The number of piperidine rings is 1. The van der Waals surface area contributed by atoms with E-state index in [2.05, 4.69) is 10.2 Å². The van der Waals surface area contributed by atoms with Crippen LogP contribution < -0.4 is 15.5 Å². The summed E-state index contributed by atoms with van der Waals surface area (Å²) >= 11 is 0. The van der Waals surface area contributed by atoms with E-state index in [0.717, 1.165) is 37.2 Å². The zero-order chi connectivity index (χ0) is 20.9. The summed E-state index contributed by atoms with van der Waals surface area (Å²) in [4.78, 5) is 27.9. The number of likely N-dealkylation sites (tertiary alicyclic amines) is 1. The first-order chi connectivity index (χ1) is 14.7. The molecule has 1 atom stereocenters. The molecule has 0 radical (unpaired) electrons. The maximum Gasteiger partial charge on any atom is 0.258 e. The highest BCUT2D eigenvalue weighted by molar-refractivity contribution is 5.96. The van der Waals surface area contributed by atoms with Gasteiger partial charge >= 0.3 is 0 Å². The lowest BCUT2D eigenvalue weighted by molar-refractivity contribution is 0.0921. The first-order valence-corrected chi connectivity index (χ1v) is 10.3. The van der Waals surface area contributed by atoms with E-state index in [4.69, 9.17) is 9.15 Å². The topological polar surface area (TPSA) is 71.8 Å². The van der Waals surface area contributed by atoms with Crippen molar-refractivity contribution < 1.29 is 13.9 Å². The zero-order valence-corrected chi connectivity index (χ0v) is 17.1. The van der Waals surface area contributed by atoms with Gasteiger partial charge in [0.05, 0.1) is 18.5 Å². The minimum absolute atomic E-state index is 0.0285. The van der Waals surface area contributed by atoms with Crippen LogP contribution in [0.1, 0.15) is 41.2 Å². The summed E-state index contributed by atoms with van der Waals surface area (Å²) in [6.45, 7) is 2.40. The number of fused-ring (bicyclic) bond motifs is 1. The molecule has 0 saturated carbocycles. The SMILES string of the molecule is COc1ccc(C(CNC(=O)c2coc3ccccc3c2=O)N2CCCCC2)cc1. The molecule has 1 unspecified atom stereocenters. The lowest BCUT2D eigenvalue weighted by atomic mass is 10.0. The molecule has 4 rings (SSSR count). The van der Waals surface area contributed by atoms with Crippen LogP contribution in [0, 0.1) is 0 Å². The number of hydrogen-bond donors (Lipinski definition) is 1. The molecule has 6 nitrogen and oxygen atoms in total. The number of rotatable bonds is 6. The van der Waals surface area contributed by atoms with Gasteiger partial charge in [0.1, 0.15) is 23.2 Å². The van der Waals surface area contributed by atoms with Gasteiger partial charge in [-0.15, -0.1) is 0 Å². The molecule has 1 N–H and O–H groups in total. The zero-order valence-electron chi connectivity index (χ0n) is 17.1. The number of ether oxygens (including phenoxy) is 1. The van der Waals surface area contributed by atoms with Gasteiger partial charge in [-0.1, -0.05) is 30.7 Å². The third kappa shape index (κ3) is 4.24. The molecular weight excluding hydrogens is 380 g/mol. The van der Waals surface area contributed by atoms with Crippen LogP contribution in [0.5, 0.6) is 5.75 Å². The highest BCUT2D eigenvalue weighted by atomic mass is 16.5. The lowest BCUT2D eigenvalue weighted by Crippen LogP contribution is -2.41. The van der Waals surface area contributed by atoms with E-state index >= 15 is 0 Å². The molecule has 1 saturated heterocycles. The summed E-state index contributed by atoms with van der Waals surface area (Å²) in [6.07, 6.45) is 4.78. The van der Waals surface area contributed by atoms with E-state index < -0.39 is 5.91 Å². The molecule has 30 heavy (non-hydrogen) atoms. The van der Waals surface area contributed by atoms with E-state index in [-0.39, 0.29) is 17.0 Å². The van der Waals surface area contributed by atoms with Gasteiger partial charge in [-0.05, 0) is 55.8 Å². The monoisotopic (exact) mass is 406 g/mol. The minimum Gasteiger partial charge on any atom is -0.497 e. The molecule has 0 spiro atoms. The van der Waals surface area contributed by atoms with Crippen molar-refractivity contribution in [2.24, 2.45) is 0 Å². The second-order valence-corrected chi connectivity index (χ2v) is 7.57. The fourth-order valence-corrected chi connectivity index (χ4v) is 4.03. The lowest BCUT2D eigenvalue weighted by Gasteiger charge is -2.35. The summed E-state index contributed by atoms with van der Waals surface area (Å²) in [5.41, 5.74) is 1.31. The van der Waals surface area contributed by atoms with Crippen molar-refractivity contribution in [1.29, 1.82) is 0 Å². The smallest absolute Gasteiger partial charge is 0.258 e. The van der Waals surface area contributed by atoms with E-state index in [9.17, 15) is 9.59 Å². The molecule has 0 aliphatic carbocycles. The number of hydrogen-bond acceptors (Lipinski definition) is 5. The molecule has 1 aliphatic rings. The highest BCUT2D eigenvalue weighted by Gasteiger charge is 2.24. The number of nitrogens with zero attached hydrogens (tertiary/aromatic N) is 1. The minimum atomic E-state index is -0.412. The van der Waals surface area contributed by atoms with Crippen LogP contribution in [-0.4, -0.2) is 37.6 Å². The van der Waals surface area contributed by atoms with Gasteiger partial charge in [0.25, 0.3) is 5.91 Å². The van der Waals surface area contributed by atoms with Crippen molar-refractivity contribution in [1.82, 2.24) is 10.2 Å². The number of amides is 1. The molecule has 2 aromatic carbocycles. The van der Waals surface area contributed by atoms with Crippen LogP contribution in [0.15, 0.2) is 64.0 Å². The fraction of sp³-hybridized carbons (Fsp3) is 0.333. The molecule has 6 heteroatoms. The second kappa shape index (κ2) is 9.13. The van der Waals surface area contributed by atoms with Gasteiger partial charge in [-0.3, -0.25) is 14.5 Å². The number of benzene rings is 2. The predicted octanol–water partition coefficient (Wildman–Crippen LogP) is 3.76. The molecule has 3 aromatic rings. The summed E-state index contributed by atoms with van der Waals surface area (Å²) in [5, 5.41) is 3.37. The van der Waals surface area contributed by atoms with Crippen molar-refractivity contribution in [3.05, 3.63) is 76.1 Å². The van der Waals surface area contributed by atoms with Crippen LogP contribution in [0.4, 0.5) is 0 Å². The first kappa shape index (κ1) is 20.2. The maximum absolute atomic E-state index is 12.8. The van der Waals surface area contributed by atoms with Crippen LogP contribution >= 0.6 is 0 Å². The van der Waals surface area contributed by atoms with Gasteiger partial charge in [-0.2, -0.15) is 0 Å². The van der Waals surface area contributed by atoms with Gasteiger partial charge < -0.3 is 14.5 Å². The Hall–Kier alpha value is -3.12. The van der Waals surface area contributed by atoms with Crippen molar-refractivity contribution in [3.63, 3.8) is 0 Å². The molecule has 1 fully saturated rings. The molecule has 2 heterocycles. The maximum atomic E-state index is 12.8. The average molecular weight is 406 g/mol. The van der Waals surface area contributed by atoms with Crippen LogP contribution in [0.3, 0.4) is 0 Å². The Bertz CT molecular complexity index is 1070. The van der Waals surface area contributed by atoms with Gasteiger partial charge in [0, 0.05) is 6.54 Å². The van der Waals surface area contributed by atoms with Crippen molar-refractivity contribution >= 4 is 16.9 Å². The third-order valence-corrected chi connectivity index (χ3v) is 5.71. The number of para-hydroxylation sites is 1. The Morgan fingerprint density at radius 1 is 1.10 bits per heavy atom. The Balaban J connectivity index is 1.55. The molecule has 0 bridgehead atoms. The first-order valence-electron chi connectivity index (χ1n) is 10.3. The van der Waals surface area contributed by atoms with E-state index in [1.807, 2.05) is 24.3 Å². The van der Waals surface area contributed by atoms with Crippen LogP contribution in [0.25, 0.3) is 11.0 Å². The average Bonchev–Trinajstić information content (AvgIpc) is 2.80. The summed E-state index contributed by atoms with van der Waals surface area (Å²) in [7, 11) is 1.65. The Kier molecular flexibility index (Phi) is 6.14. The Morgan fingerprint density at radius 2 is 1.83 bits per heavy atom. The molecule has 1 aromatic heterocycles. The summed E-state index contributed by atoms with van der Waals surface area (Å²) in [6, 6.07) is 14.9. The molecule has 1 amide bonds. The standard InChI is InChI=1S/C24H26N2O4/c1-29-18-11-9-17(10-12-18)21(26-13-5-2-6-14-26)15-25-24(28)20-16-30-22-8-4-3-7-19(22)23(20)27/h3-4,7-12,16,21H,2,5-6,13-15H2,1H3,(H,25,28). The molecule has 156 valence electrons. The fourth-order valence-electron chi connectivity index (χ4n) is 4.03. The van der Waals surface area contributed by atoms with Crippen molar-refractivity contribution in [2.45, 2.75) is 25.3 Å². The van der Waals surface area contributed by atoms with Crippen LogP contribution in [0.2, 0.25) is 0 Å². The third-order valence-electron chi connectivity index (χ3n) is 5.71. The quantitative estimate of drug-likeness (QED) is 0.675. The summed E-state index contributed by atoms with van der Waals surface area (Å²) < 4.78 is 10.8. The van der Waals surface area contributed by atoms with Gasteiger partial charge in [0.2, 0.25) is 5.43 Å². The van der Waals surface area contributed by atoms with E-state index in [1.54, 1.807) is 31.4 Å². The normalized spacial score (nSPS) is 15.6. The highest BCUT2D eigenvalue weighted by Crippen LogP contribution is 2.26. The number of nitrogens with one attached hydrogen (secondary N) is 1. The van der Waals surface area contributed by atoms with Crippen molar-refractivity contribution in [3.8, 4) is 5.75 Å². The van der Waals surface area contributed by atoms with Gasteiger partial charge in [0.15, 0.2) is 0 Å². The largest absolute Gasteiger partial charge is 0.497 e. The van der Waals surface area contributed by atoms with E-state index in [1.165, 1.54) is 12.7 Å². The van der Waals surface area contributed by atoms with E-state index in [0.29, 0.717) is 17.5 Å². The second-order valence-electron chi connectivity index (χ2n) is 7.57. The molecular formula is C24H26N2O4. The Labute approximate surface area is 175 Å². The summed E-state index contributed by atoms with van der Waals surface area (Å²) in [5.74, 6) is 0.388.